The number of nitrogens with one attached hydrogen (secondary N) is 1. The zero-order valence-corrected chi connectivity index (χ0v) is 15.6. The zero-order valence-electron chi connectivity index (χ0n) is 15.6. The van der Waals surface area contributed by atoms with Crippen LogP contribution in [0.1, 0.15) is 18.2 Å². The largest absolute Gasteiger partial charge is 0.489 e. The smallest absolute Gasteiger partial charge is 0.212 e. The number of nitrogens with zero attached hydrogens (tertiary/aromatic N) is 3. The molecule has 0 fully saturated rings. The van der Waals surface area contributed by atoms with Gasteiger partial charge in [0.05, 0.1) is 24.2 Å². The molecule has 4 aromatic rings. The fraction of sp³-hybridized carbons (Fsp3) is 0.182. The summed E-state index contributed by atoms with van der Waals surface area (Å²) in [7, 11) is 0. The quantitative estimate of drug-likeness (QED) is 0.522. The SMILES string of the molecule is NC1=NC(c2cccc3ccccc23)n2c(nc3cc4c(cc32)OCCCO4)N1. The molecule has 7 nitrogen and oxygen atoms in total. The fourth-order valence-corrected chi connectivity index (χ4v) is 4.11. The molecule has 0 saturated carbocycles. The van der Waals surface area contributed by atoms with Gasteiger partial charge in [0.1, 0.15) is 0 Å². The Morgan fingerprint density at radius 1 is 1.00 bits per heavy atom. The second-order valence-electron chi connectivity index (χ2n) is 7.22. The first-order valence-corrected chi connectivity index (χ1v) is 9.67. The maximum atomic E-state index is 6.12. The third kappa shape index (κ3) is 2.51. The summed E-state index contributed by atoms with van der Waals surface area (Å²) in [5.41, 5.74) is 8.93. The number of hydrogen-bond acceptors (Lipinski definition) is 6. The van der Waals surface area contributed by atoms with Crippen LogP contribution in [0.15, 0.2) is 59.6 Å². The van der Waals surface area contributed by atoms with Crippen molar-refractivity contribution in [1.29, 1.82) is 0 Å². The first-order chi connectivity index (χ1) is 14.3. The van der Waals surface area contributed by atoms with E-state index in [9.17, 15) is 0 Å². The zero-order chi connectivity index (χ0) is 19.4. The van der Waals surface area contributed by atoms with Gasteiger partial charge >= 0.3 is 0 Å². The summed E-state index contributed by atoms with van der Waals surface area (Å²) in [6.45, 7) is 1.27. The number of aromatic nitrogens is 2. The second-order valence-corrected chi connectivity index (χ2v) is 7.22. The van der Waals surface area contributed by atoms with Gasteiger partial charge in [-0.05, 0) is 10.8 Å². The molecule has 0 bridgehead atoms. The van der Waals surface area contributed by atoms with E-state index in [0.29, 0.717) is 25.1 Å². The molecule has 144 valence electrons. The summed E-state index contributed by atoms with van der Waals surface area (Å²) in [6, 6.07) is 18.5. The molecule has 0 aliphatic carbocycles. The van der Waals surface area contributed by atoms with Crippen molar-refractivity contribution in [2.24, 2.45) is 10.7 Å². The van der Waals surface area contributed by atoms with Gasteiger partial charge in [-0.1, -0.05) is 42.5 Å². The summed E-state index contributed by atoms with van der Waals surface area (Å²) in [6.07, 6.45) is 0.533. The van der Waals surface area contributed by atoms with Gasteiger partial charge in [0.15, 0.2) is 23.6 Å². The highest BCUT2D eigenvalue weighted by molar-refractivity contribution is 5.96. The van der Waals surface area contributed by atoms with Crippen LogP contribution in [0, 0.1) is 0 Å². The number of nitrogens with two attached hydrogens (primary N) is 1. The molecule has 3 aromatic carbocycles. The number of anilines is 1. The maximum absolute atomic E-state index is 6.12. The lowest BCUT2D eigenvalue weighted by Gasteiger charge is -2.25. The second kappa shape index (κ2) is 6.13. The predicted molar refractivity (Wildman–Crippen MR) is 113 cm³/mol. The molecule has 0 radical (unpaired) electrons. The van der Waals surface area contributed by atoms with Crippen molar-refractivity contribution in [2.45, 2.75) is 12.6 Å². The monoisotopic (exact) mass is 385 g/mol. The highest BCUT2D eigenvalue weighted by Gasteiger charge is 2.27. The van der Waals surface area contributed by atoms with Crippen molar-refractivity contribution in [3.05, 3.63) is 60.2 Å². The van der Waals surface area contributed by atoms with E-state index in [0.717, 1.165) is 45.3 Å². The Morgan fingerprint density at radius 2 is 1.79 bits per heavy atom. The number of rotatable bonds is 1. The molecule has 1 aromatic heterocycles. The normalized spacial score (nSPS) is 18.1. The van der Waals surface area contributed by atoms with Crippen LogP contribution >= 0.6 is 0 Å². The molecule has 0 saturated heterocycles. The Kier molecular flexibility index (Phi) is 3.43. The molecule has 3 heterocycles. The number of fused-ring (bicyclic) bond motifs is 5. The average molecular weight is 385 g/mol. The topological polar surface area (TPSA) is 86.7 Å². The minimum atomic E-state index is -0.327. The molecule has 0 spiro atoms. The van der Waals surface area contributed by atoms with Crippen LogP contribution < -0.4 is 20.5 Å². The van der Waals surface area contributed by atoms with Crippen molar-refractivity contribution in [1.82, 2.24) is 9.55 Å². The number of hydrogen-bond donors (Lipinski definition) is 2. The summed E-state index contributed by atoms with van der Waals surface area (Å²) in [5, 5.41) is 5.40. The Hall–Kier alpha value is -3.74. The highest BCUT2D eigenvalue weighted by Crippen LogP contribution is 2.40. The van der Waals surface area contributed by atoms with Crippen molar-refractivity contribution in [3.8, 4) is 11.5 Å². The van der Waals surface area contributed by atoms with Crippen molar-refractivity contribution < 1.29 is 9.47 Å². The van der Waals surface area contributed by atoms with Crippen LogP contribution in [-0.4, -0.2) is 28.7 Å². The number of benzene rings is 3. The van der Waals surface area contributed by atoms with Gasteiger partial charge in [-0.25, -0.2) is 9.98 Å². The number of aliphatic imine (C=N–C) groups is 1. The van der Waals surface area contributed by atoms with Crippen molar-refractivity contribution in [3.63, 3.8) is 0 Å². The Labute approximate surface area is 166 Å². The number of guanidine groups is 1. The third-order valence-corrected chi connectivity index (χ3v) is 5.41. The van der Waals surface area contributed by atoms with Crippen LogP contribution in [0.4, 0.5) is 5.95 Å². The number of ether oxygens (including phenoxy) is 2. The lowest BCUT2D eigenvalue weighted by Crippen LogP contribution is -2.31. The van der Waals surface area contributed by atoms with E-state index in [2.05, 4.69) is 34.1 Å². The molecule has 1 atom stereocenters. The van der Waals surface area contributed by atoms with Gasteiger partial charge in [-0.2, -0.15) is 0 Å². The lowest BCUT2D eigenvalue weighted by atomic mass is 10.0. The Balaban J connectivity index is 1.60. The van der Waals surface area contributed by atoms with Gasteiger partial charge in [-0.3, -0.25) is 9.88 Å². The molecular formula is C22H19N5O2. The average Bonchev–Trinajstić information content (AvgIpc) is 2.92. The summed E-state index contributed by atoms with van der Waals surface area (Å²) >= 11 is 0. The van der Waals surface area contributed by atoms with E-state index in [1.807, 2.05) is 30.3 Å². The van der Waals surface area contributed by atoms with E-state index in [-0.39, 0.29) is 6.17 Å². The molecule has 3 N–H and O–H groups in total. The third-order valence-electron chi connectivity index (χ3n) is 5.41. The van der Waals surface area contributed by atoms with Crippen LogP contribution in [-0.2, 0) is 0 Å². The number of imidazole rings is 1. The maximum Gasteiger partial charge on any atom is 0.212 e. The Bertz CT molecular complexity index is 1290. The van der Waals surface area contributed by atoms with Crippen molar-refractivity contribution >= 4 is 33.7 Å². The van der Waals surface area contributed by atoms with Gasteiger partial charge in [-0.15, -0.1) is 0 Å². The first-order valence-electron chi connectivity index (χ1n) is 9.67. The summed E-state index contributed by atoms with van der Waals surface area (Å²) in [4.78, 5) is 9.48. The molecule has 0 amide bonds. The minimum Gasteiger partial charge on any atom is -0.489 e. The van der Waals surface area contributed by atoms with E-state index in [1.54, 1.807) is 0 Å². The Morgan fingerprint density at radius 3 is 2.69 bits per heavy atom. The van der Waals surface area contributed by atoms with E-state index in [1.165, 1.54) is 0 Å². The van der Waals surface area contributed by atoms with E-state index >= 15 is 0 Å². The van der Waals surface area contributed by atoms with E-state index in [4.69, 9.17) is 25.2 Å². The molecule has 29 heavy (non-hydrogen) atoms. The van der Waals surface area contributed by atoms with Crippen LogP contribution in [0.2, 0.25) is 0 Å². The molecule has 7 heteroatoms. The fourth-order valence-electron chi connectivity index (χ4n) is 4.11. The lowest BCUT2D eigenvalue weighted by molar-refractivity contribution is 0.297. The summed E-state index contributed by atoms with van der Waals surface area (Å²) in [5.74, 6) is 2.46. The van der Waals surface area contributed by atoms with Gasteiger partial charge in [0, 0.05) is 24.1 Å². The predicted octanol–water partition coefficient (Wildman–Crippen LogP) is 3.64. The highest BCUT2D eigenvalue weighted by atomic mass is 16.5. The standard InChI is InChI=1S/C22H19N5O2/c23-21-25-20(15-8-3-6-13-5-1-2-7-14(13)15)27-17-12-19-18(28-9-4-10-29-19)11-16(17)24-22(27)26-21/h1-3,5-8,11-12,20H,4,9-10H2,(H3,23,24,25,26). The molecule has 6 rings (SSSR count). The van der Waals surface area contributed by atoms with Crippen LogP contribution in [0.3, 0.4) is 0 Å². The van der Waals surface area contributed by atoms with Crippen LogP contribution in [0.25, 0.3) is 21.8 Å². The van der Waals surface area contributed by atoms with Crippen molar-refractivity contribution in [2.75, 3.05) is 18.5 Å². The first kappa shape index (κ1) is 16.2. The molecule has 2 aliphatic rings. The van der Waals surface area contributed by atoms with Crippen LogP contribution in [0.5, 0.6) is 11.5 Å². The summed E-state index contributed by atoms with van der Waals surface area (Å²) < 4.78 is 13.8. The van der Waals surface area contributed by atoms with Gasteiger partial charge in [0.25, 0.3) is 0 Å². The molecule has 1 unspecified atom stereocenters. The van der Waals surface area contributed by atoms with Gasteiger partial charge < -0.3 is 15.2 Å². The minimum absolute atomic E-state index is 0.327. The van der Waals surface area contributed by atoms with Gasteiger partial charge in [0.2, 0.25) is 5.95 Å². The van der Waals surface area contributed by atoms with E-state index < -0.39 is 0 Å². The molecular weight excluding hydrogens is 366 g/mol. The molecule has 2 aliphatic heterocycles.